The minimum absolute atomic E-state index is 1.40. The molecule has 0 aliphatic rings. The third-order valence-electron chi connectivity index (χ3n) is 1.12. The van der Waals surface area contributed by atoms with Crippen LogP contribution in [-0.2, 0) is 0 Å². The second-order valence-corrected chi connectivity index (χ2v) is 7.50. The Morgan fingerprint density at radius 2 is 1.30 bits per heavy atom. The highest BCUT2D eigenvalue weighted by Crippen LogP contribution is 2.29. The van der Waals surface area contributed by atoms with Crippen LogP contribution in [0.5, 0.6) is 0 Å². The van der Waals surface area contributed by atoms with Crippen LogP contribution in [0.4, 0.5) is 0 Å². The number of rotatable bonds is 0. The highest BCUT2D eigenvalue weighted by molar-refractivity contribution is 8.09. The van der Waals surface area contributed by atoms with Crippen molar-refractivity contribution in [3.8, 4) is 0 Å². The summed E-state index contributed by atoms with van der Waals surface area (Å²) in [6.45, 7) is 0. The molecule has 0 atom stereocenters. The summed E-state index contributed by atoms with van der Waals surface area (Å²) in [5, 5.41) is 0. The van der Waals surface area contributed by atoms with Gasteiger partial charge in [-0.2, -0.15) is 0 Å². The molecule has 1 heterocycles. The van der Waals surface area contributed by atoms with Crippen molar-refractivity contribution in [3.05, 3.63) is 24.3 Å². The molecule has 52 valence electrons. The van der Waals surface area contributed by atoms with Gasteiger partial charge in [-0.15, -0.1) is 0 Å². The van der Waals surface area contributed by atoms with Crippen LogP contribution in [0.1, 0.15) is 0 Å². The molecule has 0 nitrogen and oxygen atoms in total. The second kappa shape index (κ2) is 3.00. The summed E-state index contributed by atoms with van der Waals surface area (Å²) in [6, 6.07) is 8.51. The Kier molecular flexibility index (Phi) is 2.04. The van der Waals surface area contributed by atoms with Gasteiger partial charge in [-0.3, -0.25) is 0 Å². The van der Waals surface area contributed by atoms with Crippen LogP contribution in [-0.4, -0.2) is 0 Å². The maximum Gasteiger partial charge on any atom is 0.0566 e. The minimum Gasteiger partial charge on any atom is -0.0676 e. The van der Waals surface area contributed by atoms with E-state index in [-0.39, 0.29) is 0 Å². The fourth-order valence-electron chi connectivity index (χ4n) is 0.689. The zero-order chi connectivity index (χ0) is 6.81. The van der Waals surface area contributed by atoms with Crippen LogP contribution in [0.25, 0.3) is 9.40 Å². The van der Waals surface area contributed by atoms with E-state index in [0.717, 1.165) is 0 Å². The van der Waals surface area contributed by atoms with Gasteiger partial charge in [0, 0.05) is 0 Å². The van der Waals surface area contributed by atoms with Crippen LogP contribution >= 0.6 is 39.4 Å². The molecule has 0 bridgehead atoms. The molecule has 0 radical (unpaired) electrons. The van der Waals surface area contributed by atoms with Gasteiger partial charge >= 0.3 is 0 Å². The van der Waals surface area contributed by atoms with Crippen molar-refractivity contribution in [3.63, 3.8) is 0 Å². The smallest absolute Gasteiger partial charge is 0.0566 e. The van der Waals surface area contributed by atoms with Gasteiger partial charge in [-0.25, -0.2) is 0 Å². The van der Waals surface area contributed by atoms with Gasteiger partial charge in [-0.05, 0) is 30.8 Å². The van der Waals surface area contributed by atoms with Crippen molar-refractivity contribution in [1.29, 1.82) is 0 Å². The first-order valence-corrected chi connectivity index (χ1v) is 7.55. The zero-order valence-corrected chi connectivity index (χ0v) is 8.21. The predicted molar refractivity (Wildman–Crippen MR) is 53.1 cm³/mol. The first-order chi connectivity index (χ1) is 4.97. The molecule has 2 aromatic rings. The van der Waals surface area contributed by atoms with Gasteiger partial charge < -0.3 is 0 Å². The maximum atomic E-state index is 2.17. The van der Waals surface area contributed by atoms with Crippen LogP contribution in [0.3, 0.4) is 0 Å². The van der Waals surface area contributed by atoms with E-state index in [1.165, 1.54) is 9.40 Å². The molecule has 0 saturated heterocycles. The quantitative estimate of drug-likeness (QED) is 0.564. The van der Waals surface area contributed by atoms with Crippen LogP contribution in [0, 0.1) is 0 Å². The highest BCUT2D eigenvalue weighted by atomic mass is 33.4. The van der Waals surface area contributed by atoms with E-state index in [9.17, 15) is 0 Å². The van der Waals surface area contributed by atoms with Gasteiger partial charge in [0.05, 0.1) is 9.40 Å². The third-order valence-corrected chi connectivity index (χ3v) is 7.39. The van der Waals surface area contributed by atoms with E-state index >= 15 is 0 Å². The van der Waals surface area contributed by atoms with Crippen LogP contribution in [0.2, 0.25) is 0 Å². The first kappa shape index (κ1) is 6.79. The van der Waals surface area contributed by atoms with E-state index in [4.69, 9.17) is 0 Å². The van der Waals surface area contributed by atoms with Gasteiger partial charge in [0.2, 0.25) is 0 Å². The molecule has 0 aliphatic carbocycles. The van der Waals surface area contributed by atoms with Gasteiger partial charge in [-0.1, -0.05) is 32.8 Å². The van der Waals surface area contributed by atoms with Crippen molar-refractivity contribution >= 4 is 48.8 Å². The lowest BCUT2D eigenvalue weighted by Gasteiger charge is -1.88. The standard InChI is InChI=1S/C6H4S4/c1-2-4-6-5(3-1)7-9-10-8-6/h1-4H. The third kappa shape index (κ3) is 1.25. The molecule has 0 amide bonds. The lowest BCUT2D eigenvalue weighted by molar-refractivity contribution is 1.88. The summed E-state index contributed by atoms with van der Waals surface area (Å²) in [5.41, 5.74) is 0. The van der Waals surface area contributed by atoms with Crippen molar-refractivity contribution in [2.24, 2.45) is 0 Å². The first-order valence-electron chi connectivity index (χ1n) is 2.74. The Morgan fingerprint density at radius 3 is 1.80 bits per heavy atom. The monoisotopic (exact) mass is 204 g/mol. The summed E-state index contributed by atoms with van der Waals surface area (Å²) in [4.78, 5) is 0. The lowest BCUT2D eigenvalue weighted by atomic mass is 10.4. The normalized spacial score (nSPS) is 10.0. The molecule has 0 N–H and O–H groups in total. The van der Waals surface area contributed by atoms with E-state index < -0.39 is 0 Å². The molecule has 0 unspecified atom stereocenters. The van der Waals surface area contributed by atoms with E-state index in [0.29, 0.717) is 0 Å². The molecule has 10 heavy (non-hydrogen) atoms. The molecule has 4 heteroatoms. The number of benzene rings is 1. The SMILES string of the molecule is c1ccc2ssssc2c1. The maximum absolute atomic E-state index is 2.17. The fourth-order valence-corrected chi connectivity index (χ4v) is 6.82. The summed E-state index contributed by atoms with van der Waals surface area (Å²) >= 11 is 0. The molecule has 1 aromatic heterocycles. The molecule has 1 aromatic carbocycles. The number of hydrogen-bond acceptors (Lipinski definition) is 4. The zero-order valence-electron chi connectivity index (χ0n) is 4.94. The average molecular weight is 204 g/mol. The molecule has 0 fully saturated rings. The van der Waals surface area contributed by atoms with Gasteiger partial charge in [0.15, 0.2) is 0 Å². The van der Waals surface area contributed by atoms with Crippen molar-refractivity contribution < 1.29 is 0 Å². The largest absolute Gasteiger partial charge is 0.0676 e. The lowest BCUT2D eigenvalue weighted by Crippen LogP contribution is -1.57. The predicted octanol–water partition coefficient (Wildman–Crippen LogP) is 4.21. The van der Waals surface area contributed by atoms with E-state index in [2.05, 4.69) is 24.3 Å². The fraction of sp³-hybridized carbons (Fsp3) is 0. The molecule has 0 aliphatic heterocycles. The van der Waals surface area contributed by atoms with Gasteiger partial charge in [0.25, 0.3) is 0 Å². The van der Waals surface area contributed by atoms with Crippen LogP contribution < -0.4 is 0 Å². The Morgan fingerprint density at radius 1 is 0.800 bits per heavy atom. The van der Waals surface area contributed by atoms with Crippen molar-refractivity contribution in [2.45, 2.75) is 0 Å². The summed E-state index contributed by atoms with van der Waals surface area (Å²) < 4.78 is 2.80. The Labute approximate surface area is 72.9 Å². The molecular weight excluding hydrogens is 200 g/mol. The van der Waals surface area contributed by atoms with E-state index in [1.807, 2.05) is 39.4 Å². The molecular formula is C6H4S4. The average Bonchev–Trinajstić information content (AvgIpc) is 2.05. The van der Waals surface area contributed by atoms with Gasteiger partial charge in [0.1, 0.15) is 0 Å². The second-order valence-electron chi connectivity index (χ2n) is 1.75. The van der Waals surface area contributed by atoms with Crippen molar-refractivity contribution in [2.75, 3.05) is 0 Å². The number of hydrogen-bond donors (Lipinski definition) is 0. The Bertz CT molecular complexity index is 281. The van der Waals surface area contributed by atoms with Crippen LogP contribution in [0.15, 0.2) is 24.3 Å². The van der Waals surface area contributed by atoms with E-state index in [1.54, 1.807) is 0 Å². The molecule has 0 spiro atoms. The minimum atomic E-state index is 1.40. The summed E-state index contributed by atoms with van der Waals surface area (Å²) in [6.07, 6.45) is 0. The molecule has 0 saturated carbocycles. The molecule has 2 rings (SSSR count). The topological polar surface area (TPSA) is 0 Å². The van der Waals surface area contributed by atoms with Crippen molar-refractivity contribution in [1.82, 2.24) is 0 Å². The summed E-state index contributed by atoms with van der Waals surface area (Å²) in [5.74, 6) is 0. The Balaban J connectivity index is 2.89. The summed E-state index contributed by atoms with van der Waals surface area (Å²) in [7, 11) is 7.36. The number of fused-ring (bicyclic) bond motifs is 1. The Hall–Kier alpha value is 0.100. The highest BCUT2D eigenvalue weighted by Gasteiger charge is 1.88.